The van der Waals surface area contributed by atoms with Crippen LogP contribution in [0.25, 0.3) is 16.9 Å². The van der Waals surface area contributed by atoms with E-state index in [1.807, 2.05) is 53.2 Å². The van der Waals surface area contributed by atoms with Gasteiger partial charge in [-0.3, -0.25) is 4.79 Å². The van der Waals surface area contributed by atoms with Crippen LogP contribution >= 0.6 is 0 Å². The lowest BCUT2D eigenvalue weighted by Crippen LogP contribution is -2.38. The summed E-state index contributed by atoms with van der Waals surface area (Å²) in [6, 6.07) is 17.7. The second kappa shape index (κ2) is 5.13. The molecule has 0 saturated carbocycles. The van der Waals surface area contributed by atoms with Gasteiger partial charge >= 0.3 is 5.56 Å². The topological polar surface area (TPSA) is 36.7 Å². The van der Waals surface area contributed by atoms with Crippen LogP contribution in [0.3, 0.4) is 0 Å². The number of hydrogen-bond donors (Lipinski definition) is 1. The van der Waals surface area contributed by atoms with Gasteiger partial charge in [0.2, 0.25) is 5.69 Å². The first-order chi connectivity index (χ1) is 9.77. The highest BCUT2D eigenvalue weighted by Gasteiger charge is 2.18. The SMILES string of the molecule is Cc1ccccc1-c1cccc[n+]1-c1ccc[nH]c1=O. The van der Waals surface area contributed by atoms with Crippen LogP contribution in [0.2, 0.25) is 0 Å². The van der Waals surface area contributed by atoms with Gasteiger partial charge in [-0.2, -0.15) is 4.57 Å². The lowest BCUT2D eigenvalue weighted by Gasteiger charge is -2.05. The molecule has 0 saturated heterocycles. The number of pyridine rings is 2. The highest BCUT2D eigenvalue weighted by molar-refractivity contribution is 5.61. The van der Waals surface area contributed by atoms with Crippen LogP contribution in [-0.2, 0) is 0 Å². The molecule has 0 fully saturated rings. The van der Waals surface area contributed by atoms with Crippen molar-refractivity contribution in [1.29, 1.82) is 0 Å². The maximum atomic E-state index is 12.0. The number of hydrogen-bond acceptors (Lipinski definition) is 1. The third-order valence-corrected chi connectivity index (χ3v) is 3.34. The molecule has 3 rings (SSSR count). The highest BCUT2D eigenvalue weighted by atomic mass is 16.1. The number of H-pyrrole nitrogens is 1. The second-order valence-corrected chi connectivity index (χ2v) is 4.66. The smallest absolute Gasteiger partial charge is 0.320 e. The summed E-state index contributed by atoms with van der Waals surface area (Å²) in [5.41, 5.74) is 3.82. The Morgan fingerprint density at radius 1 is 0.950 bits per heavy atom. The minimum Gasteiger partial charge on any atom is -0.323 e. The van der Waals surface area contributed by atoms with E-state index in [1.54, 1.807) is 6.20 Å². The molecule has 3 heteroatoms. The Morgan fingerprint density at radius 3 is 2.55 bits per heavy atom. The van der Waals surface area contributed by atoms with Crippen molar-refractivity contribution in [3.8, 4) is 16.9 Å². The molecule has 0 amide bonds. The summed E-state index contributed by atoms with van der Waals surface area (Å²) in [7, 11) is 0. The van der Waals surface area contributed by atoms with E-state index in [2.05, 4.69) is 24.0 Å². The summed E-state index contributed by atoms with van der Waals surface area (Å²) in [5.74, 6) is 0. The zero-order valence-electron chi connectivity index (χ0n) is 11.2. The molecular formula is C17H15N2O+. The molecule has 1 aromatic carbocycles. The minimum atomic E-state index is -0.0986. The summed E-state index contributed by atoms with van der Waals surface area (Å²) in [5, 5.41) is 0. The van der Waals surface area contributed by atoms with Crippen molar-refractivity contribution < 1.29 is 4.57 Å². The fourth-order valence-electron chi connectivity index (χ4n) is 2.34. The van der Waals surface area contributed by atoms with Gasteiger partial charge in [0.1, 0.15) is 0 Å². The van der Waals surface area contributed by atoms with Crippen molar-refractivity contribution >= 4 is 0 Å². The Kier molecular flexibility index (Phi) is 3.17. The molecule has 0 aliphatic heterocycles. The summed E-state index contributed by atoms with van der Waals surface area (Å²) >= 11 is 0. The lowest BCUT2D eigenvalue weighted by molar-refractivity contribution is -0.585. The van der Waals surface area contributed by atoms with E-state index < -0.39 is 0 Å². The van der Waals surface area contributed by atoms with E-state index in [-0.39, 0.29) is 5.56 Å². The van der Waals surface area contributed by atoms with Gasteiger partial charge in [-0.05, 0) is 30.7 Å². The van der Waals surface area contributed by atoms with Gasteiger partial charge in [-0.25, -0.2) is 0 Å². The fourth-order valence-corrected chi connectivity index (χ4v) is 2.34. The number of benzene rings is 1. The number of aromatic amines is 1. The Balaban J connectivity index is 2.28. The molecule has 2 heterocycles. The molecule has 1 N–H and O–H groups in total. The summed E-state index contributed by atoms with van der Waals surface area (Å²) < 4.78 is 1.92. The van der Waals surface area contributed by atoms with E-state index in [9.17, 15) is 4.79 Å². The van der Waals surface area contributed by atoms with Crippen molar-refractivity contribution in [3.05, 3.63) is 82.9 Å². The molecule has 0 unspecified atom stereocenters. The first-order valence-electron chi connectivity index (χ1n) is 6.52. The van der Waals surface area contributed by atoms with Crippen LogP contribution < -0.4 is 10.1 Å². The predicted octanol–water partition coefficient (Wildman–Crippen LogP) is 2.63. The predicted molar refractivity (Wildman–Crippen MR) is 78.8 cm³/mol. The van der Waals surface area contributed by atoms with E-state index in [4.69, 9.17) is 0 Å². The van der Waals surface area contributed by atoms with Crippen molar-refractivity contribution in [1.82, 2.24) is 4.98 Å². The third kappa shape index (κ3) is 2.14. The summed E-state index contributed by atoms with van der Waals surface area (Å²) in [6.45, 7) is 2.07. The number of aromatic nitrogens is 2. The number of nitrogens with zero attached hydrogens (tertiary/aromatic N) is 1. The first kappa shape index (κ1) is 12.4. The molecule has 0 radical (unpaired) electrons. The van der Waals surface area contributed by atoms with Crippen LogP contribution in [0.15, 0.2) is 71.8 Å². The summed E-state index contributed by atoms with van der Waals surface area (Å²) in [6.07, 6.45) is 3.55. The Bertz CT molecular complexity index is 806. The quantitative estimate of drug-likeness (QED) is 0.709. The van der Waals surface area contributed by atoms with Gasteiger partial charge in [0, 0.05) is 30.0 Å². The van der Waals surface area contributed by atoms with E-state index >= 15 is 0 Å². The van der Waals surface area contributed by atoms with Crippen LogP contribution in [0.4, 0.5) is 0 Å². The normalized spacial score (nSPS) is 10.4. The summed E-state index contributed by atoms with van der Waals surface area (Å²) in [4.78, 5) is 14.7. The number of nitrogens with one attached hydrogen (secondary N) is 1. The van der Waals surface area contributed by atoms with Gasteiger partial charge in [0.25, 0.3) is 5.69 Å². The van der Waals surface area contributed by atoms with Gasteiger partial charge < -0.3 is 4.98 Å². The zero-order valence-corrected chi connectivity index (χ0v) is 11.2. The third-order valence-electron chi connectivity index (χ3n) is 3.34. The molecule has 0 atom stereocenters. The zero-order chi connectivity index (χ0) is 13.9. The van der Waals surface area contributed by atoms with Gasteiger partial charge in [0.15, 0.2) is 6.20 Å². The molecule has 0 aliphatic carbocycles. The maximum absolute atomic E-state index is 12.0. The lowest BCUT2D eigenvalue weighted by atomic mass is 10.0. The van der Waals surface area contributed by atoms with Crippen molar-refractivity contribution in [3.63, 3.8) is 0 Å². The molecule has 3 nitrogen and oxygen atoms in total. The molecule has 3 aromatic rings. The molecule has 98 valence electrons. The standard InChI is InChI=1S/C17H14N2O/c1-13-7-2-3-8-14(13)15-9-4-5-12-19(15)16-10-6-11-18-17(16)20/h2-12H,1H3/p+1. The van der Waals surface area contributed by atoms with Crippen molar-refractivity contribution in [2.45, 2.75) is 6.92 Å². The van der Waals surface area contributed by atoms with E-state index in [0.717, 1.165) is 11.3 Å². The molecule has 0 bridgehead atoms. The van der Waals surface area contributed by atoms with Gasteiger partial charge in [-0.15, -0.1) is 0 Å². The Hall–Kier alpha value is -2.68. The largest absolute Gasteiger partial charge is 0.323 e. The molecular weight excluding hydrogens is 248 g/mol. The van der Waals surface area contributed by atoms with Gasteiger partial charge in [0.05, 0.1) is 0 Å². The fraction of sp³-hybridized carbons (Fsp3) is 0.0588. The molecule has 20 heavy (non-hydrogen) atoms. The molecule has 0 spiro atoms. The van der Waals surface area contributed by atoms with Crippen molar-refractivity contribution in [2.75, 3.05) is 0 Å². The second-order valence-electron chi connectivity index (χ2n) is 4.66. The Labute approximate surface area is 117 Å². The van der Waals surface area contributed by atoms with E-state index in [1.165, 1.54) is 5.56 Å². The van der Waals surface area contributed by atoms with Crippen molar-refractivity contribution in [2.24, 2.45) is 0 Å². The Morgan fingerprint density at radius 2 is 1.75 bits per heavy atom. The molecule has 2 aromatic heterocycles. The van der Waals surface area contributed by atoms with E-state index in [0.29, 0.717) is 5.69 Å². The maximum Gasteiger partial charge on any atom is 0.320 e. The minimum absolute atomic E-state index is 0.0986. The number of aryl methyl sites for hydroxylation is 1. The van der Waals surface area contributed by atoms with Crippen LogP contribution in [0, 0.1) is 6.92 Å². The average molecular weight is 263 g/mol. The number of rotatable bonds is 2. The average Bonchev–Trinajstić information content (AvgIpc) is 2.48. The van der Waals surface area contributed by atoms with Crippen LogP contribution in [0.5, 0.6) is 0 Å². The highest BCUT2D eigenvalue weighted by Crippen LogP contribution is 2.19. The van der Waals surface area contributed by atoms with Crippen LogP contribution in [0.1, 0.15) is 5.56 Å². The first-order valence-corrected chi connectivity index (χ1v) is 6.52. The molecule has 0 aliphatic rings. The van der Waals surface area contributed by atoms with Gasteiger partial charge in [-0.1, -0.05) is 18.2 Å². The monoisotopic (exact) mass is 263 g/mol. The van der Waals surface area contributed by atoms with Crippen LogP contribution in [-0.4, -0.2) is 4.98 Å².